The van der Waals surface area contributed by atoms with Gasteiger partial charge in [-0.3, -0.25) is 4.90 Å². The van der Waals surface area contributed by atoms with E-state index in [1.165, 1.54) is 12.1 Å². The van der Waals surface area contributed by atoms with Gasteiger partial charge in [0.05, 0.1) is 13.2 Å². The lowest BCUT2D eigenvalue weighted by atomic mass is 9.87. The molecular formula is C16H28N2O. The molecule has 2 rings (SSSR count). The van der Waals surface area contributed by atoms with Crippen molar-refractivity contribution in [3.63, 3.8) is 0 Å². The maximum absolute atomic E-state index is 5.57. The van der Waals surface area contributed by atoms with E-state index in [9.17, 15) is 0 Å². The lowest BCUT2D eigenvalue weighted by molar-refractivity contribution is 0.0405. The molecule has 1 heterocycles. The van der Waals surface area contributed by atoms with E-state index in [0.29, 0.717) is 0 Å². The second kappa shape index (κ2) is 7.51. The average Bonchev–Trinajstić information content (AvgIpc) is 2.40. The zero-order chi connectivity index (χ0) is 14.3. The number of nitrogens with zero attached hydrogens (tertiary/aromatic N) is 1. The number of likely N-dealkylation sites (N-methyl/N-ethyl adjacent to an activating group) is 1. The van der Waals surface area contributed by atoms with Crippen LogP contribution in [-0.2, 0) is 10.2 Å². The largest absolute Gasteiger partial charge is 0.399 e. The first-order chi connectivity index (χ1) is 8.93. The van der Waals surface area contributed by atoms with Gasteiger partial charge < -0.3 is 10.5 Å². The van der Waals surface area contributed by atoms with Gasteiger partial charge in [0.1, 0.15) is 0 Å². The number of anilines is 1. The van der Waals surface area contributed by atoms with Gasteiger partial charge in [-0.15, -0.1) is 0 Å². The Labute approximate surface area is 117 Å². The summed E-state index contributed by atoms with van der Waals surface area (Å²) in [7, 11) is 0. The molecule has 0 saturated carbocycles. The summed E-state index contributed by atoms with van der Waals surface area (Å²) in [6.07, 6.45) is 0. The highest BCUT2D eigenvalue weighted by Crippen LogP contribution is 2.22. The Hall–Kier alpha value is -1.06. The van der Waals surface area contributed by atoms with Crippen LogP contribution in [0.1, 0.15) is 33.3 Å². The van der Waals surface area contributed by atoms with Crippen LogP contribution in [0.5, 0.6) is 0 Å². The minimum absolute atomic E-state index is 0.230. The fourth-order valence-electron chi connectivity index (χ4n) is 1.90. The quantitative estimate of drug-likeness (QED) is 0.793. The first-order valence-corrected chi connectivity index (χ1v) is 7.09. The summed E-state index contributed by atoms with van der Waals surface area (Å²) in [5.41, 5.74) is 7.96. The number of nitrogens with two attached hydrogens (primary N) is 1. The third-order valence-corrected chi connectivity index (χ3v) is 3.33. The van der Waals surface area contributed by atoms with E-state index in [1.54, 1.807) is 0 Å². The Bertz CT molecular complexity index is 348. The molecule has 1 saturated heterocycles. The van der Waals surface area contributed by atoms with E-state index in [2.05, 4.69) is 44.7 Å². The summed E-state index contributed by atoms with van der Waals surface area (Å²) in [6.45, 7) is 14.0. The van der Waals surface area contributed by atoms with E-state index < -0.39 is 0 Å². The molecule has 3 nitrogen and oxygen atoms in total. The Morgan fingerprint density at radius 1 is 1.11 bits per heavy atom. The molecule has 0 bridgehead atoms. The minimum Gasteiger partial charge on any atom is -0.399 e. The molecule has 1 aromatic carbocycles. The van der Waals surface area contributed by atoms with Crippen molar-refractivity contribution in [3.8, 4) is 0 Å². The van der Waals surface area contributed by atoms with Crippen molar-refractivity contribution >= 4 is 5.69 Å². The van der Waals surface area contributed by atoms with Crippen molar-refractivity contribution < 1.29 is 4.74 Å². The van der Waals surface area contributed by atoms with Gasteiger partial charge in [-0.05, 0) is 29.7 Å². The van der Waals surface area contributed by atoms with Gasteiger partial charge in [0.25, 0.3) is 0 Å². The predicted octanol–water partition coefficient (Wildman–Crippen LogP) is 2.90. The molecule has 0 unspecified atom stereocenters. The zero-order valence-corrected chi connectivity index (χ0v) is 12.8. The second-order valence-electron chi connectivity index (χ2n) is 5.92. The maximum atomic E-state index is 5.57. The molecule has 0 atom stereocenters. The monoisotopic (exact) mass is 264 g/mol. The topological polar surface area (TPSA) is 38.5 Å². The Morgan fingerprint density at radius 2 is 1.63 bits per heavy atom. The maximum Gasteiger partial charge on any atom is 0.0594 e. The number of ether oxygens (including phenoxy) is 1. The molecule has 1 aliphatic heterocycles. The highest BCUT2D eigenvalue weighted by atomic mass is 16.5. The molecule has 0 aliphatic carbocycles. The highest BCUT2D eigenvalue weighted by molar-refractivity contribution is 5.40. The fourth-order valence-corrected chi connectivity index (χ4v) is 1.90. The summed E-state index contributed by atoms with van der Waals surface area (Å²) in [6, 6.07) is 8.05. The van der Waals surface area contributed by atoms with E-state index in [0.717, 1.165) is 32.0 Å². The summed E-state index contributed by atoms with van der Waals surface area (Å²) < 4.78 is 5.16. The van der Waals surface area contributed by atoms with Gasteiger partial charge in [-0.25, -0.2) is 0 Å². The van der Waals surface area contributed by atoms with E-state index in [1.807, 2.05) is 12.1 Å². The van der Waals surface area contributed by atoms with Crippen molar-refractivity contribution in [1.29, 1.82) is 0 Å². The molecule has 1 fully saturated rings. The van der Waals surface area contributed by atoms with Crippen molar-refractivity contribution in [2.45, 2.75) is 33.1 Å². The van der Waals surface area contributed by atoms with Crippen LogP contribution in [0.3, 0.4) is 0 Å². The molecule has 3 heteroatoms. The number of morpholine rings is 1. The summed E-state index contributed by atoms with van der Waals surface area (Å²) in [5, 5.41) is 0. The smallest absolute Gasteiger partial charge is 0.0594 e. The Morgan fingerprint density at radius 3 is 2.00 bits per heavy atom. The fraction of sp³-hybridized carbons (Fsp3) is 0.625. The van der Waals surface area contributed by atoms with Gasteiger partial charge >= 0.3 is 0 Å². The molecule has 19 heavy (non-hydrogen) atoms. The molecule has 0 spiro atoms. The van der Waals surface area contributed by atoms with Gasteiger partial charge in [-0.2, -0.15) is 0 Å². The number of rotatable bonds is 1. The Balaban J connectivity index is 0.000000200. The predicted molar refractivity (Wildman–Crippen MR) is 82.5 cm³/mol. The van der Waals surface area contributed by atoms with Crippen LogP contribution >= 0.6 is 0 Å². The van der Waals surface area contributed by atoms with Crippen LogP contribution in [0.25, 0.3) is 0 Å². The SMILES string of the molecule is CC(C)(C)c1ccc(N)cc1.CCN1CCOCC1. The summed E-state index contributed by atoms with van der Waals surface area (Å²) >= 11 is 0. The number of benzene rings is 1. The van der Waals surface area contributed by atoms with E-state index >= 15 is 0 Å². The second-order valence-corrected chi connectivity index (χ2v) is 5.92. The molecule has 1 aliphatic rings. The molecule has 0 aromatic heterocycles. The lowest BCUT2D eigenvalue weighted by Gasteiger charge is -2.24. The highest BCUT2D eigenvalue weighted by Gasteiger charge is 2.12. The van der Waals surface area contributed by atoms with E-state index in [4.69, 9.17) is 10.5 Å². The lowest BCUT2D eigenvalue weighted by Crippen LogP contribution is -2.35. The number of nitrogen functional groups attached to an aromatic ring is 1. The van der Waals surface area contributed by atoms with Gasteiger partial charge in [0.15, 0.2) is 0 Å². The molecule has 108 valence electrons. The van der Waals surface area contributed by atoms with Crippen LogP contribution in [0.4, 0.5) is 5.69 Å². The van der Waals surface area contributed by atoms with Crippen LogP contribution in [0.15, 0.2) is 24.3 Å². The third kappa shape index (κ3) is 6.08. The summed E-state index contributed by atoms with van der Waals surface area (Å²) in [5.74, 6) is 0. The molecule has 0 radical (unpaired) electrons. The average molecular weight is 264 g/mol. The standard InChI is InChI=1S/C10H15N.C6H13NO/c1-10(2,3)8-4-6-9(11)7-5-8;1-2-7-3-5-8-6-4-7/h4-7H,11H2,1-3H3;2-6H2,1H3. The first kappa shape index (κ1) is 16.0. The van der Waals surface area contributed by atoms with Gasteiger partial charge in [0, 0.05) is 18.8 Å². The molecule has 2 N–H and O–H groups in total. The van der Waals surface area contributed by atoms with Crippen LogP contribution in [0.2, 0.25) is 0 Å². The summed E-state index contributed by atoms with van der Waals surface area (Å²) in [4.78, 5) is 2.39. The van der Waals surface area contributed by atoms with Crippen molar-refractivity contribution in [2.24, 2.45) is 0 Å². The van der Waals surface area contributed by atoms with E-state index in [-0.39, 0.29) is 5.41 Å². The molecular weight excluding hydrogens is 236 g/mol. The van der Waals surface area contributed by atoms with Crippen LogP contribution < -0.4 is 5.73 Å². The number of hydrogen-bond acceptors (Lipinski definition) is 3. The van der Waals surface area contributed by atoms with Gasteiger partial charge in [0.2, 0.25) is 0 Å². The Kier molecular flexibility index (Phi) is 6.32. The van der Waals surface area contributed by atoms with Gasteiger partial charge in [-0.1, -0.05) is 39.8 Å². The zero-order valence-electron chi connectivity index (χ0n) is 12.8. The normalized spacial score (nSPS) is 16.6. The molecule has 1 aromatic rings. The van der Waals surface area contributed by atoms with Crippen LogP contribution in [0, 0.1) is 0 Å². The molecule has 0 amide bonds. The van der Waals surface area contributed by atoms with Crippen LogP contribution in [-0.4, -0.2) is 37.7 Å². The minimum atomic E-state index is 0.230. The third-order valence-electron chi connectivity index (χ3n) is 3.33. The van der Waals surface area contributed by atoms with Crippen molar-refractivity contribution in [2.75, 3.05) is 38.6 Å². The number of hydrogen-bond donors (Lipinski definition) is 1. The van der Waals surface area contributed by atoms with Crippen molar-refractivity contribution in [3.05, 3.63) is 29.8 Å². The first-order valence-electron chi connectivity index (χ1n) is 7.09. The van der Waals surface area contributed by atoms with Crippen molar-refractivity contribution in [1.82, 2.24) is 4.90 Å².